The normalized spacial score (nSPS) is 11.2. The van der Waals surface area contributed by atoms with Gasteiger partial charge < -0.3 is 5.32 Å². The van der Waals surface area contributed by atoms with Crippen molar-refractivity contribution in [3.05, 3.63) is 90.2 Å². The van der Waals surface area contributed by atoms with Crippen LogP contribution in [0.5, 0.6) is 0 Å². The predicted molar refractivity (Wildman–Crippen MR) is 110 cm³/mol. The van der Waals surface area contributed by atoms with Crippen molar-refractivity contribution in [3.8, 4) is 11.1 Å². The Hall–Kier alpha value is -3.03. The largest absolute Gasteiger partial charge is 0.352 e. The fourth-order valence-electron chi connectivity index (χ4n) is 2.78. The first kappa shape index (κ1) is 20.7. The summed E-state index contributed by atoms with van der Waals surface area (Å²) in [4.78, 5) is 12.1. The van der Waals surface area contributed by atoms with Crippen molar-refractivity contribution >= 4 is 15.9 Å². The maximum atomic E-state index is 13.5. The van der Waals surface area contributed by atoms with Crippen molar-refractivity contribution < 1.29 is 17.6 Å². The molecule has 0 aromatic heterocycles. The number of hydrogen-bond donors (Lipinski definition) is 2. The number of sulfonamides is 1. The number of amides is 1. The van der Waals surface area contributed by atoms with Crippen LogP contribution in [-0.2, 0) is 10.0 Å². The predicted octanol–water partition coefficient (Wildman–Crippen LogP) is 3.59. The zero-order valence-electron chi connectivity index (χ0n) is 15.6. The van der Waals surface area contributed by atoms with Crippen LogP contribution in [0, 0.1) is 5.82 Å². The molecule has 0 aliphatic heterocycles. The molecule has 3 rings (SSSR count). The van der Waals surface area contributed by atoms with Gasteiger partial charge in [0.25, 0.3) is 5.91 Å². The second-order valence-corrected chi connectivity index (χ2v) is 8.14. The maximum absolute atomic E-state index is 13.5. The summed E-state index contributed by atoms with van der Waals surface area (Å²) in [6, 6.07) is 22.0. The summed E-state index contributed by atoms with van der Waals surface area (Å²) in [6.07, 6.45) is 0.377. The van der Waals surface area contributed by atoms with E-state index in [1.807, 2.05) is 30.3 Å². The fourth-order valence-corrected chi connectivity index (χ4v) is 3.85. The van der Waals surface area contributed by atoms with Gasteiger partial charge in [-0.2, -0.15) is 0 Å². The van der Waals surface area contributed by atoms with E-state index >= 15 is 0 Å². The Balaban J connectivity index is 1.49. The zero-order chi connectivity index (χ0) is 20.7. The molecule has 0 spiro atoms. The van der Waals surface area contributed by atoms with Crippen LogP contribution >= 0.6 is 0 Å². The second-order valence-electron chi connectivity index (χ2n) is 6.38. The lowest BCUT2D eigenvalue weighted by Crippen LogP contribution is -2.30. The van der Waals surface area contributed by atoms with E-state index < -0.39 is 21.7 Å². The third-order valence-electron chi connectivity index (χ3n) is 4.32. The third kappa shape index (κ3) is 5.49. The first-order valence-electron chi connectivity index (χ1n) is 9.15. The molecule has 3 aromatic carbocycles. The smallest absolute Gasteiger partial charge is 0.254 e. The molecule has 0 unspecified atom stereocenters. The van der Waals surface area contributed by atoms with E-state index in [0.717, 1.165) is 11.1 Å². The quantitative estimate of drug-likeness (QED) is 0.555. The van der Waals surface area contributed by atoms with Gasteiger partial charge in [-0.15, -0.1) is 0 Å². The van der Waals surface area contributed by atoms with Crippen molar-refractivity contribution in [2.24, 2.45) is 0 Å². The van der Waals surface area contributed by atoms with Crippen molar-refractivity contribution in [1.29, 1.82) is 0 Å². The van der Waals surface area contributed by atoms with E-state index in [1.54, 1.807) is 30.3 Å². The van der Waals surface area contributed by atoms with Crippen molar-refractivity contribution in [1.82, 2.24) is 10.0 Å². The Labute approximate surface area is 169 Å². The highest BCUT2D eigenvalue weighted by Gasteiger charge is 2.14. The lowest BCUT2D eigenvalue weighted by Gasteiger charge is -2.09. The second kappa shape index (κ2) is 9.45. The Bertz CT molecular complexity index is 1070. The van der Waals surface area contributed by atoms with Crippen molar-refractivity contribution in [2.75, 3.05) is 13.1 Å². The molecule has 1 amide bonds. The summed E-state index contributed by atoms with van der Waals surface area (Å²) >= 11 is 0. The summed E-state index contributed by atoms with van der Waals surface area (Å²) < 4.78 is 40.8. The lowest BCUT2D eigenvalue weighted by atomic mass is 10.1. The van der Waals surface area contributed by atoms with Gasteiger partial charge in [-0.1, -0.05) is 54.6 Å². The third-order valence-corrected chi connectivity index (χ3v) is 5.80. The number of carbonyl (C=O) groups is 1. The van der Waals surface area contributed by atoms with Gasteiger partial charge in [-0.3, -0.25) is 4.79 Å². The maximum Gasteiger partial charge on any atom is 0.254 e. The monoisotopic (exact) mass is 412 g/mol. The molecule has 29 heavy (non-hydrogen) atoms. The number of benzene rings is 3. The van der Waals surface area contributed by atoms with E-state index in [4.69, 9.17) is 0 Å². The van der Waals surface area contributed by atoms with Gasteiger partial charge in [0, 0.05) is 13.1 Å². The highest BCUT2D eigenvalue weighted by molar-refractivity contribution is 7.89. The summed E-state index contributed by atoms with van der Waals surface area (Å²) in [6.45, 7) is 0.378. The van der Waals surface area contributed by atoms with E-state index in [0.29, 0.717) is 6.42 Å². The molecular formula is C22H21FN2O3S. The van der Waals surface area contributed by atoms with Gasteiger partial charge in [0.05, 0.1) is 10.5 Å². The zero-order valence-corrected chi connectivity index (χ0v) is 16.5. The average Bonchev–Trinajstić information content (AvgIpc) is 2.74. The molecule has 150 valence electrons. The minimum absolute atomic E-state index is 0.0356. The molecule has 0 heterocycles. The Morgan fingerprint density at radius 1 is 0.793 bits per heavy atom. The highest BCUT2D eigenvalue weighted by Crippen LogP contribution is 2.20. The standard InChI is InChI=1S/C22H21FN2O3S/c23-21-10-5-4-9-20(21)22(26)24-15-6-16-25-29(27,28)19-13-11-18(12-14-19)17-7-2-1-3-8-17/h1-5,7-14,25H,6,15-16H2,(H,24,26). The molecule has 0 aliphatic carbocycles. The molecule has 7 heteroatoms. The number of rotatable bonds is 8. The average molecular weight is 412 g/mol. The van der Waals surface area contributed by atoms with Crippen LogP contribution in [0.25, 0.3) is 11.1 Å². The van der Waals surface area contributed by atoms with Gasteiger partial charge in [0.1, 0.15) is 5.82 Å². The fraction of sp³-hybridized carbons (Fsp3) is 0.136. The van der Waals surface area contributed by atoms with Crippen LogP contribution in [0.1, 0.15) is 16.8 Å². The first-order chi connectivity index (χ1) is 14.0. The van der Waals surface area contributed by atoms with Crippen LogP contribution in [0.4, 0.5) is 4.39 Å². The Morgan fingerprint density at radius 3 is 2.10 bits per heavy atom. The topological polar surface area (TPSA) is 75.3 Å². The molecule has 0 aliphatic rings. The van der Waals surface area contributed by atoms with Crippen molar-refractivity contribution in [3.63, 3.8) is 0 Å². The van der Waals surface area contributed by atoms with Gasteiger partial charge in [-0.25, -0.2) is 17.5 Å². The minimum Gasteiger partial charge on any atom is -0.352 e. The number of carbonyl (C=O) groups excluding carboxylic acids is 1. The summed E-state index contributed by atoms with van der Waals surface area (Å²) in [5.41, 5.74) is 1.90. The number of halogens is 1. The van der Waals surface area contributed by atoms with Crippen LogP contribution in [-0.4, -0.2) is 27.4 Å². The molecular weight excluding hydrogens is 391 g/mol. The molecule has 0 bridgehead atoms. The summed E-state index contributed by atoms with van der Waals surface area (Å²) in [5.74, 6) is -1.12. The SMILES string of the molecule is O=C(NCCCNS(=O)(=O)c1ccc(-c2ccccc2)cc1)c1ccccc1F. The minimum atomic E-state index is -3.64. The first-order valence-corrected chi connectivity index (χ1v) is 10.6. The van der Waals surface area contributed by atoms with Gasteiger partial charge in [-0.05, 0) is 41.8 Å². The number of nitrogens with one attached hydrogen (secondary N) is 2. The molecule has 5 nitrogen and oxygen atoms in total. The molecule has 0 saturated heterocycles. The van der Waals surface area contributed by atoms with Gasteiger partial charge in [0.15, 0.2) is 0 Å². The van der Waals surface area contributed by atoms with Crippen LogP contribution in [0.2, 0.25) is 0 Å². The van der Waals surface area contributed by atoms with Crippen molar-refractivity contribution in [2.45, 2.75) is 11.3 Å². The van der Waals surface area contributed by atoms with Crippen LogP contribution < -0.4 is 10.0 Å². The van der Waals surface area contributed by atoms with Gasteiger partial charge >= 0.3 is 0 Å². The molecule has 2 N–H and O–H groups in total. The highest BCUT2D eigenvalue weighted by atomic mass is 32.2. The van der Waals surface area contributed by atoms with E-state index in [-0.39, 0.29) is 23.5 Å². The van der Waals surface area contributed by atoms with Crippen LogP contribution in [0.15, 0.2) is 83.8 Å². The molecule has 0 radical (unpaired) electrons. The van der Waals surface area contributed by atoms with E-state index in [1.165, 1.54) is 18.2 Å². The Morgan fingerprint density at radius 2 is 1.41 bits per heavy atom. The van der Waals surface area contributed by atoms with Crippen LogP contribution in [0.3, 0.4) is 0 Å². The molecule has 0 saturated carbocycles. The van der Waals surface area contributed by atoms with E-state index in [9.17, 15) is 17.6 Å². The van der Waals surface area contributed by atoms with E-state index in [2.05, 4.69) is 10.0 Å². The lowest BCUT2D eigenvalue weighted by molar-refractivity contribution is 0.0949. The molecule has 0 atom stereocenters. The Kier molecular flexibility index (Phi) is 6.74. The van der Waals surface area contributed by atoms with Gasteiger partial charge in [0.2, 0.25) is 10.0 Å². The molecule has 0 fully saturated rings. The molecule has 3 aromatic rings. The summed E-state index contributed by atoms with van der Waals surface area (Å²) in [5, 5.41) is 2.58. The summed E-state index contributed by atoms with van der Waals surface area (Å²) in [7, 11) is -3.64. The number of hydrogen-bond acceptors (Lipinski definition) is 3.